The Bertz CT molecular complexity index is 337. The Morgan fingerprint density at radius 1 is 1.38 bits per heavy atom. The Kier molecular flexibility index (Phi) is 2.47. The maximum atomic E-state index is 9.69. The van der Waals surface area contributed by atoms with E-state index in [1.165, 1.54) is 4.88 Å². The second-order valence-electron chi connectivity index (χ2n) is 2.81. The fraction of sp³-hybridized carbons (Fsp3) is 0.200. The van der Waals surface area contributed by atoms with Crippen molar-refractivity contribution < 1.29 is 9.52 Å². The number of furan rings is 1. The van der Waals surface area contributed by atoms with Crippen LogP contribution < -0.4 is 0 Å². The molecule has 2 aromatic heterocycles. The maximum absolute atomic E-state index is 9.69. The van der Waals surface area contributed by atoms with Crippen LogP contribution in [0.2, 0.25) is 0 Å². The highest BCUT2D eigenvalue weighted by molar-refractivity contribution is 7.09. The highest BCUT2D eigenvalue weighted by atomic mass is 32.1. The molecule has 0 saturated carbocycles. The van der Waals surface area contributed by atoms with E-state index in [-0.39, 0.29) is 0 Å². The summed E-state index contributed by atoms with van der Waals surface area (Å²) >= 11 is 1.65. The molecule has 0 aliphatic heterocycles. The van der Waals surface area contributed by atoms with Gasteiger partial charge in [-0.1, -0.05) is 6.07 Å². The quantitative estimate of drug-likeness (QED) is 0.814. The first kappa shape index (κ1) is 8.53. The summed E-state index contributed by atoms with van der Waals surface area (Å²) < 4.78 is 5.10. The minimum Gasteiger partial charge on any atom is -0.467 e. The molecular weight excluding hydrogens is 184 g/mol. The van der Waals surface area contributed by atoms with Crippen LogP contribution in [-0.4, -0.2) is 5.11 Å². The zero-order valence-corrected chi connectivity index (χ0v) is 7.83. The van der Waals surface area contributed by atoms with Crippen molar-refractivity contribution in [3.8, 4) is 0 Å². The van der Waals surface area contributed by atoms with E-state index in [1.54, 1.807) is 29.7 Å². The molecule has 2 nitrogen and oxygen atoms in total. The minimum absolute atomic E-state index is 0.520. The van der Waals surface area contributed by atoms with Crippen molar-refractivity contribution in [2.75, 3.05) is 0 Å². The molecule has 0 bridgehead atoms. The molecule has 2 heterocycles. The van der Waals surface area contributed by atoms with Crippen molar-refractivity contribution in [2.24, 2.45) is 0 Å². The van der Waals surface area contributed by atoms with Gasteiger partial charge in [0.05, 0.1) is 6.26 Å². The van der Waals surface area contributed by atoms with E-state index in [4.69, 9.17) is 4.42 Å². The van der Waals surface area contributed by atoms with Gasteiger partial charge in [-0.15, -0.1) is 11.3 Å². The number of hydrogen-bond acceptors (Lipinski definition) is 3. The number of thiophene rings is 1. The van der Waals surface area contributed by atoms with E-state index in [0.29, 0.717) is 12.2 Å². The largest absolute Gasteiger partial charge is 0.467 e. The topological polar surface area (TPSA) is 33.4 Å². The molecule has 0 aliphatic rings. The number of hydrogen-bond donors (Lipinski definition) is 1. The maximum Gasteiger partial charge on any atom is 0.132 e. The van der Waals surface area contributed by atoms with Crippen LogP contribution in [0.15, 0.2) is 40.3 Å². The Balaban J connectivity index is 2.04. The fourth-order valence-electron chi connectivity index (χ4n) is 1.20. The lowest BCUT2D eigenvalue weighted by molar-refractivity contribution is 0.151. The molecule has 1 unspecified atom stereocenters. The monoisotopic (exact) mass is 194 g/mol. The average Bonchev–Trinajstić information content (AvgIpc) is 2.74. The van der Waals surface area contributed by atoms with Crippen LogP contribution in [0.5, 0.6) is 0 Å². The lowest BCUT2D eigenvalue weighted by Crippen LogP contribution is -1.98. The summed E-state index contributed by atoms with van der Waals surface area (Å²) in [6.07, 6.45) is 1.69. The van der Waals surface area contributed by atoms with Crippen LogP contribution in [0.25, 0.3) is 0 Å². The normalized spacial score (nSPS) is 13.0. The predicted molar refractivity (Wildman–Crippen MR) is 51.7 cm³/mol. The molecule has 1 atom stereocenters. The summed E-state index contributed by atoms with van der Waals surface area (Å²) in [6.45, 7) is 0. The van der Waals surface area contributed by atoms with Crippen molar-refractivity contribution in [2.45, 2.75) is 12.5 Å². The molecule has 0 amide bonds. The molecule has 0 aromatic carbocycles. The van der Waals surface area contributed by atoms with Crippen LogP contribution in [0.3, 0.4) is 0 Å². The van der Waals surface area contributed by atoms with Crippen molar-refractivity contribution in [1.82, 2.24) is 0 Å². The van der Waals surface area contributed by atoms with Gasteiger partial charge in [0.15, 0.2) is 0 Å². The van der Waals surface area contributed by atoms with Crippen molar-refractivity contribution >= 4 is 11.3 Å². The molecule has 2 rings (SSSR count). The first-order chi connectivity index (χ1) is 6.36. The van der Waals surface area contributed by atoms with E-state index >= 15 is 0 Å². The second kappa shape index (κ2) is 3.77. The SMILES string of the molecule is OC(Cc1cccs1)c1ccco1. The van der Waals surface area contributed by atoms with Crippen LogP contribution in [0, 0.1) is 0 Å². The minimum atomic E-state index is -0.520. The summed E-state index contributed by atoms with van der Waals surface area (Å²) in [7, 11) is 0. The first-order valence-electron chi connectivity index (χ1n) is 4.10. The molecule has 2 aromatic rings. The Labute approximate surface area is 80.4 Å². The average molecular weight is 194 g/mol. The Morgan fingerprint density at radius 2 is 2.31 bits per heavy atom. The van der Waals surface area contributed by atoms with E-state index < -0.39 is 6.10 Å². The zero-order chi connectivity index (χ0) is 9.10. The van der Waals surface area contributed by atoms with Crippen LogP contribution in [0.1, 0.15) is 16.7 Å². The predicted octanol–water partition coefficient (Wildman–Crippen LogP) is 2.62. The Morgan fingerprint density at radius 3 is 2.92 bits per heavy atom. The second-order valence-corrected chi connectivity index (χ2v) is 3.85. The molecule has 3 heteroatoms. The number of aliphatic hydroxyl groups is 1. The summed E-state index contributed by atoms with van der Waals surface area (Å²) in [5.41, 5.74) is 0. The molecule has 0 radical (unpaired) electrons. The molecule has 0 fully saturated rings. The highest BCUT2D eigenvalue weighted by Gasteiger charge is 2.11. The number of rotatable bonds is 3. The van der Waals surface area contributed by atoms with Crippen molar-refractivity contribution in [3.05, 3.63) is 46.5 Å². The van der Waals surface area contributed by atoms with Gasteiger partial charge in [0.25, 0.3) is 0 Å². The lowest BCUT2D eigenvalue weighted by Gasteiger charge is -2.04. The standard InChI is InChI=1S/C10H10O2S/c11-9(10-4-1-5-12-10)7-8-3-2-6-13-8/h1-6,9,11H,7H2. The van der Waals surface area contributed by atoms with Gasteiger partial charge in [-0.2, -0.15) is 0 Å². The third kappa shape index (κ3) is 1.99. The third-order valence-electron chi connectivity index (χ3n) is 1.85. The molecular formula is C10H10O2S. The summed E-state index contributed by atoms with van der Waals surface area (Å²) in [5, 5.41) is 11.7. The van der Waals surface area contributed by atoms with E-state index in [0.717, 1.165) is 0 Å². The zero-order valence-electron chi connectivity index (χ0n) is 7.01. The molecule has 13 heavy (non-hydrogen) atoms. The van der Waals surface area contributed by atoms with Crippen LogP contribution in [-0.2, 0) is 6.42 Å². The Hall–Kier alpha value is -1.06. The molecule has 0 spiro atoms. The highest BCUT2D eigenvalue weighted by Crippen LogP contribution is 2.20. The van der Waals surface area contributed by atoms with Gasteiger partial charge in [-0.05, 0) is 23.6 Å². The van der Waals surface area contributed by atoms with Crippen molar-refractivity contribution in [3.63, 3.8) is 0 Å². The van der Waals surface area contributed by atoms with E-state index in [2.05, 4.69) is 0 Å². The summed E-state index contributed by atoms with van der Waals surface area (Å²) in [5.74, 6) is 0.633. The molecule has 68 valence electrons. The fourth-order valence-corrected chi connectivity index (χ4v) is 1.94. The van der Waals surface area contributed by atoms with Gasteiger partial charge < -0.3 is 9.52 Å². The van der Waals surface area contributed by atoms with Gasteiger partial charge in [0.2, 0.25) is 0 Å². The van der Waals surface area contributed by atoms with Gasteiger partial charge >= 0.3 is 0 Å². The summed E-state index contributed by atoms with van der Waals surface area (Å²) in [4.78, 5) is 1.17. The smallest absolute Gasteiger partial charge is 0.132 e. The first-order valence-corrected chi connectivity index (χ1v) is 4.98. The van der Waals surface area contributed by atoms with Crippen molar-refractivity contribution in [1.29, 1.82) is 0 Å². The van der Waals surface area contributed by atoms with Gasteiger partial charge in [-0.3, -0.25) is 0 Å². The van der Waals surface area contributed by atoms with Gasteiger partial charge in [0, 0.05) is 11.3 Å². The molecule has 1 N–H and O–H groups in total. The van der Waals surface area contributed by atoms with Crippen LogP contribution >= 0.6 is 11.3 Å². The molecule has 0 aliphatic carbocycles. The third-order valence-corrected chi connectivity index (χ3v) is 2.74. The summed E-state index contributed by atoms with van der Waals surface area (Å²) in [6, 6.07) is 7.57. The van der Waals surface area contributed by atoms with E-state index in [9.17, 15) is 5.11 Å². The van der Waals surface area contributed by atoms with Gasteiger partial charge in [0.1, 0.15) is 11.9 Å². The van der Waals surface area contributed by atoms with E-state index in [1.807, 2.05) is 17.5 Å². The molecule has 0 saturated heterocycles. The van der Waals surface area contributed by atoms with Crippen LogP contribution in [0.4, 0.5) is 0 Å². The number of aliphatic hydroxyl groups excluding tert-OH is 1. The lowest BCUT2D eigenvalue weighted by atomic mass is 10.2. The van der Waals surface area contributed by atoms with Gasteiger partial charge in [-0.25, -0.2) is 0 Å².